The van der Waals surface area contributed by atoms with Crippen molar-refractivity contribution in [3.63, 3.8) is 0 Å². The van der Waals surface area contributed by atoms with Crippen molar-refractivity contribution in [1.82, 2.24) is 14.3 Å². The monoisotopic (exact) mass is 348 g/mol. The summed E-state index contributed by atoms with van der Waals surface area (Å²) in [6, 6.07) is 12.8. The predicted octanol–water partition coefficient (Wildman–Crippen LogP) is 3.67. The Kier molecular flexibility index (Phi) is 4.37. The number of hydrogen-bond acceptors (Lipinski definition) is 3. The first-order valence-corrected chi connectivity index (χ1v) is 9.17. The van der Waals surface area contributed by atoms with Gasteiger partial charge in [0.15, 0.2) is 0 Å². The fraction of sp³-hybridized carbons (Fsp3) is 0.333. The minimum absolute atomic E-state index is 0.0284. The van der Waals surface area contributed by atoms with Crippen LogP contribution in [-0.4, -0.2) is 39.3 Å². The van der Waals surface area contributed by atoms with Crippen molar-refractivity contribution >= 4 is 17.2 Å². The normalized spacial score (nSPS) is 15.4. The molecule has 5 heteroatoms. The molecule has 3 aromatic rings. The van der Waals surface area contributed by atoms with E-state index >= 15 is 0 Å². The van der Waals surface area contributed by atoms with Crippen molar-refractivity contribution in [2.45, 2.75) is 32.7 Å². The lowest BCUT2D eigenvalue weighted by atomic mass is 10.0. The van der Waals surface area contributed by atoms with Gasteiger partial charge in [0.25, 0.3) is 5.91 Å². The summed E-state index contributed by atoms with van der Waals surface area (Å²) in [5.41, 5.74) is 4.94. The van der Waals surface area contributed by atoms with Crippen LogP contribution in [0.3, 0.4) is 0 Å². The molecule has 1 fully saturated rings. The number of benzene rings is 1. The van der Waals surface area contributed by atoms with Gasteiger partial charge in [-0.05, 0) is 56.0 Å². The van der Waals surface area contributed by atoms with Crippen LogP contribution < -0.4 is 5.32 Å². The number of fused-ring (bicyclic) bond motifs is 1. The van der Waals surface area contributed by atoms with Gasteiger partial charge in [0.1, 0.15) is 11.3 Å². The number of aryl methyl sites for hydroxylation is 2. The average molecular weight is 348 g/mol. The Morgan fingerprint density at radius 1 is 1.15 bits per heavy atom. The number of para-hydroxylation sites is 1. The third-order valence-corrected chi connectivity index (χ3v) is 5.12. The summed E-state index contributed by atoms with van der Waals surface area (Å²) in [5, 5.41) is 3.62. The highest BCUT2D eigenvalue weighted by atomic mass is 16.2. The molecule has 1 aromatic carbocycles. The number of likely N-dealkylation sites (tertiary alicyclic amines) is 1. The zero-order valence-corrected chi connectivity index (χ0v) is 15.3. The molecule has 1 aliphatic rings. The zero-order valence-electron chi connectivity index (χ0n) is 15.3. The molecule has 0 unspecified atom stereocenters. The van der Waals surface area contributed by atoms with E-state index in [0.29, 0.717) is 11.7 Å². The number of hydrogen-bond donors (Lipinski definition) is 1. The van der Waals surface area contributed by atoms with E-state index in [9.17, 15) is 4.79 Å². The van der Waals surface area contributed by atoms with Crippen molar-refractivity contribution in [2.24, 2.45) is 0 Å². The molecule has 0 bridgehead atoms. The Morgan fingerprint density at radius 2 is 1.92 bits per heavy atom. The van der Waals surface area contributed by atoms with Gasteiger partial charge in [0, 0.05) is 37.2 Å². The standard InChI is InChI=1S/C21H24N4O/c1-15-7-10-25-14-19(23-20(25)13-15)21(26)24-11-8-17(9-12-24)22-18-6-4-3-5-16(18)2/h3-7,10,13-14,17,22H,8-9,11-12H2,1-2H3. The Hall–Kier alpha value is -2.82. The summed E-state index contributed by atoms with van der Waals surface area (Å²) in [6.07, 6.45) is 5.68. The van der Waals surface area contributed by atoms with E-state index in [4.69, 9.17) is 0 Å². The number of carbonyl (C=O) groups is 1. The van der Waals surface area contributed by atoms with Gasteiger partial charge in [0.2, 0.25) is 0 Å². The van der Waals surface area contributed by atoms with E-state index in [1.54, 1.807) is 0 Å². The number of carbonyl (C=O) groups excluding carboxylic acids is 1. The van der Waals surface area contributed by atoms with Crippen LogP contribution in [0.2, 0.25) is 0 Å². The van der Waals surface area contributed by atoms with Gasteiger partial charge in [-0.25, -0.2) is 4.98 Å². The summed E-state index contributed by atoms with van der Waals surface area (Å²) >= 11 is 0. The van der Waals surface area contributed by atoms with Crippen molar-refractivity contribution in [3.05, 3.63) is 65.6 Å². The number of amides is 1. The van der Waals surface area contributed by atoms with Gasteiger partial charge in [-0.2, -0.15) is 0 Å². The van der Waals surface area contributed by atoms with Crippen LogP contribution >= 0.6 is 0 Å². The molecule has 3 heterocycles. The van der Waals surface area contributed by atoms with Crippen molar-refractivity contribution < 1.29 is 4.79 Å². The van der Waals surface area contributed by atoms with E-state index in [-0.39, 0.29) is 5.91 Å². The van der Waals surface area contributed by atoms with Crippen LogP contribution in [0.1, 0.15) is 34.5 Å². The van der Waals surface area contributed by atoms with Crippen molar-refractivity contribution in [2.75, 3.05) is 18.4 Å². The van der Waals surface area contributed by atoms with Crippen LogP contribution in [0, 0.1) is 13.8 Å². The molecule has 1 N–H and O–H groups in total. The second kappa shape index (κ2) is 6.83. The van der Waals surface area contributed by atoms with Crippen LogP contribution in [-0.2, 0) is 0 Å². The Morgan fingerprint density at radius 3 is 2.69 bits per heavy atom. The Balaban J connectivity index is 1.40. The maximum Gasteiger partial charge on any atom is 0.274 e. The number of anilines is 1. The number of aromatic nitrogens is 2. The lowest BCUT2D eigenvalue weighted by Crippen LogP contribution is -2.42. The maximum absolute atomic E-state index is 12.8. The summed E-state index contributed by atoms with van der Waals surface area (Å²) < 4.78 is 1.91. The molecular formula is C21H24N4O. The third kappa shape index (κ3) is 3.29. The summed E-state index contributed by atoms with van der Waals surface area (Å²) in [7, 11) is 0. The number of nitrogens with one attached hydrogen (secondary N) is 1. The molecule has 1 saturated heterocycles. The van der Waals surface area contributed by atoms with E-state index in [1.807, 2.05) is 40.8 Å². The Labute approximate surface area is 153 Å². The van der Waals surface area contributed by atoms with Crippen LogP contribution in [0.5, 0.6) is 0 Å². The lowest BCUT2D eigenvalue weighted by molar-refractivity contribution is 0.0713. The molecule has 2 aromatic heterocycles. The molecule has 134 valence electrons. The summed E-state index contributed by atoms with van der Waals surface area (Å²) in [6.45, 7) is 5.67. The van der Waals surface area contributed by atoms with Crippen molar-refractivity contribution in [1.29, 1.82) is 0 Å². The van der Waals surface area contributed by atoms with Gasteiger partial charge < -0.3 is 14.6 Å². The number of imidazole rings is 1. The molecule has 5 nitrogen and oxygen atoms in total. The highest BCUT2D eigenvalue weighted by molar-refractivity contribution is 5.93. The highest BCUT2D eigenvalue weighted by Crippen LogP contribution is 2.20. The van der Waals surface area contributed by atoms with Gasteiger partial charge in [-0.3, -0.25) is 4.79 Å². The molecule has 1 amide bonds. The zero-order chi connectivity index (χ0) is 18.1. The first kappa shape index (κ1) is 16.6. The van der Waals surface area contributed by atoms with E-state index in [2.05, 4.69) is 41.5 Å². The first-order valence-electron chi connectivity index (χ1n) is 9.17. The molecule has 1 aliphatic heterocycles. The average Bonchev–Trinajstić information content (AvgIpc) is 3.07. The second-order valence-electron chi connectivity index (χ2n) is 7.12. The fourth-order valence-electron chi connectivity index (χ4n) is 3.53. The minimum Gasteiger partial charge on any atom is -0.382 e. The molecule has 0 spiro atoms. The van der Waals surface area contributed by atoms with Crippen LogP contribution in [0.15, 0.2) is 48.8 Å². The molecule has 0 aliphatic carbocycles. The van der Waals surface area contributed by atoms with E-state index in [0.717, 1.165) is 37.1 Å². The third-order valence-electron chi connectivity index (χ3n) is 5.12. The number of rotatable bonds is 3. The van der Waals surface area contributed by atoms with Gasteiger partial charge >= 0.3 is 0 Å². The van der Waals surface area contributed by atoms with Gasteiger partial charge in [0.05, 0.1) is 0 Å². The molecule has 0 radical (unpaired) electrons. The maximum atomic E-state index is 12.8. The number of piperidine rings is 1. The quantitative estimate of drug-likeness (QED) is 0.786. The SMILES string of the molecule is Cc1ccn2cc(C(=O)N3CCC(Nc4ccccc4C)CC3)nc2c1. The molecule has 4 rings (SSSR count). The van der Waals surface area contributed by atoms with Crippen LogP contribution in [0.25, 0.3) is 5.65 Å². The topological polar surface area (TPSA) is 49.6 Å². The van der Waals surface area contributed by atoms with Crippen LogP contribution in [0.4, 0.5) is 5.69 Å². The fourth-order valence-corrected chi connectivity index (χ4v) is 3.53. The van der Waals surface area contributed by atoms with Gasteiger partial charge in [-0.1, -0.05) is 18.2 Å². The van der Waals surface area contributed by atoms with Gasteiger partial charge in [-0.15, -0.1) is 0 Å². The molecule has 0 saturated carbocycles. The predicted molar refractivity (Wildman–Crippen MR) is 104 cm³/mol. The number of nitrogens with zero attached hydrogens (tertiary/aromatic N) is 3. The largest absolute Gasteiger partial charge is 0.382 e. The molecule has 26 heavy (non-hydrogen) atoms. The smallest absolute Gasteiger partial charge is 0.274 e. The lowest BCUT2D eigenvalue weighted by Gasteiger charge is -2.32. The Bertz CT molecular complexity index is 938. The highest BCUT2D eigenvalue weighted by Gasteiger charge is 2.25. The van der Waals surface area contributed by atoms with E-state index < -0.39 is 0 Å². The summed E-state index contributed by atoms with van der Waals surface area (Å²) in [5.74, 6) is 0.0284. The molecule has 0 atom stereocenters. The second-order valence-corrected chi connectivity index (χ2v) is 7.12. The van der Waals surface area contributed by atoms with E-state index in [1.165, 1.54) is 11.3 Å². The molecular weight excluding hydrogens is 324 g/mol. The minimum atomic E-state index is 0.0284. The summed E-state index contributed by atoms with van der Waals surface area (Å²) in [4.78, 5) is 19.2. The number of pyridine rings is 1. The van der Waals surface area contributed by atoms with Crippen molar-refractivity contribution in [3.8, 4) is 0 Å². The first-order chi connectivity index (χ1) is 12.6.